The highest BCUT2D eigenvalue weighted by Crippen LogP contribution is 2.32. The van der Waals surface area contributed by atoms with Gasteiger partial charge in [-0.1, -0.05) is 17.7 Å². The van der Waals surface area contributed by atoms with Crippen molar-refractivity contribution in [1.82, 2.24) is 15.0 Å². The Kier molecular flexibility index (Phi) is 4.67. The Labute approximate surface area is 198 Å². The number of pyridine rings is 1. The first-order valence-corrected chi connectivity index (χ1v) is 10.8. The van der Waals surface area contributed by atoms with Crippen LogP contribution in [-0.4, -0.2) is 26.8 Å². The van der Waals surface area contributed by atoms with Crippen LogP contribution < -0.4 is 10.6 Å². The predicted octanol–water partition coefficient (Wildman–Crippen LogP) is 5.29. The van der Waals surface area contributed by atoms with Gasteiger partial charge in [-0.2, -0.15) is 0 Å². The van der Waals surface area contributed by atoms with Crippen molar-refractivity contribution in [2.45, 2.75) is 6.42 Å². The molecule has 1 aliphatic heterocycles. The van der Waals surface area contributed by atoms with Gasteiger partial charge in [0.05, 0.1) is 23.2 Å². The Hall–Kier alpha value is -4.43. The topological polar surface area (TPSA) is 113 Å². The van der Waals surface area contributed by atoms with Gasteiger partial charge in [0.1, 0.15) is 5.82 Å². The van der Waals surface area contributed by atoms with Gasteiger partial charge in [0.15, 0.2) is 11.4 Å². The van der Waals surface area contributed by atoms with Crippen LogP contribution in [0.4, 0.5) is 11.4 Å². The summed E-state index contributed by atoms with van der Waals surface area (Å²) in [4.78, 5) is 36.3. The summed E-state index contributed by atoms with van der Waals surface area (Å²) in [6, 6.07) is 16.2. The summed E-state index contributed by atoms with van der Waals surface area (Å²) in [5, 5.41) is 6.11. The Morgan fingerprint density at radius 2 is 2.00 bits per heavy atom. The van der Waals surface area contributed by atoms with E-state index >= 15 is 0 Å². The molecule has 2 amide bonds. The number of aromatic amines is 1. The fourth-order valence-corrected chi connectivity index (χ4v) is 4.19. The van der Waals surface area contributed by atoms with Gasteiger partial charge in [0, 0.05) is 28.7 Å². The third-order valence-corrected chi connectivity index (χ3v) is 5.96. The zero-order valence-electron chi connectivity index (χ0n) is 17.6. The maximum absolute atomic E-state index is 12.3. The molecular weight excluding hydrogens is 454 g/mol. The minimum atomic E-state index is -0.361. The number of nitrogens with zero attached hydrogens (tertiary/aromatic N) is 2. The number of furan rings is 1. The first-order chi connectivity index (χ1) is 16.5. The lowest BCUT2D eigenvalue weighted by Gasteiger charge is -2.07. The fourth-order valence-electron chi connectivity index (χ4n) is 3.98. The van der Waals surface area contributed by atoms with Crippen molar-refractivity contribution in [3.05, 3.63) is 83.4 Å². The Morgan fingerprint density at radius 1 is 1.09 bits per heavy atom. The summed E-state index contributed by atoms with van der Waals surface area (Å²) in [6.45, 7) is 0. The lowest BCUT2D eigenvalue weighted by atomic mass is 10.0. The lowest BCUT2D eigenvalue weighted by molar-refractivity contribution is -0.115. The summed E-state index contributed by atoms with van der Waals surface area (Å²) >= 11 is 6.44. The number of aromatic nitrogens is 3. The van der Waals surface area contributed by atoms with Crippen LogP contribution in [0.2, 0.25) is 5.02 Å². The number of rotatable bonds is 4. The third kappa shape index (κ3) is 3.60. The summed E-state index contributed by atoms with van der Waals surface area (Å²) in [6.07, 6.45) is 3.57. The molecule has 166 valence electrons. The number of carbonyl (C=O) groups is 2. The number of halogens is 1. The fraction of sp³-hybridized carbons (Fsp3) is 0.0400. The largest absolute Gasteiger partial charge is 0.459 e. The molecule has 3 aromatic heterocycles. The molecule has 3 N–H and O–H groups in total. The van der Waals surface area contributed by atoms with E-state index in [2.05, 4.69) is 25.6 Å². The van der Waals surface area contributed by atoms with Crippen molar-refractivity contribution in [2.24, 2.45) is 0 Å². The molecule has 34 heavy (non-hydrogen) atoms. The van der Waals surface area contributed by atoms with E-state index in [0.717, 1.165) is 27.9 Å². The minimum absolute atomic E-state index is 0.00149. The zero-order chi connectivity index (χ0) is 23.2. The van der Waals surface area contributed by atoms with Gasteiger partial charge in [0.25, 0.3) is 5.91 Å². The highest BCUT2D eigenvalue weighted by molar-refractivity contribution is 6.33. The smallest absolute Gasteiger partial charge is 0.291 e. The SMILES string of the molecule is O=C1Cc2cc(-c3cnc4nc(-c5cc(NC(=O)c6ccco6)ccc5Cl)[nH]c4c3)ccc2N1. The molecule has 8 nitrogen and oxygen atoms in total. The number of imidazole rings is 1. The third-order valence-electron chi connectivity index (χ3n) is 5.63. The Balaban J connectivity index is 1.32. The molecule has 0 radical (unpaired) electrons. The van der Waals surface area contributed by atoms with Crippen LogP contribution in [-0.2, 0) is 11.2 Å². The standard InChI is InChI=1S/C25H16ClN5O3/c26-18-5-4-16(28-25(33)21-2-1-7-34-21)11-17(18)23-30-20-9-15(12-27-24(20)31-23)13-3-6-19-14(8-13)10-22(32)29-19/h1-9,11-12H,10H2,(H,28,33)(H,29,32)(H,27,30,31). The monoisotopic (exact) mass is 469 g/mol. The van der Waals surface area contributed by atoms with Crippen molar-refractivity contribution >= 4 is 46.0 Å². The number of hydrogen-bond acceptors (Lipinski definition) is 5. The van der Waals surface area contributed by atoms with E-state index in [9.17, 15) is 9.59 Å². The molecule has 0 spiro atoms. The molecular formula is C25H16ClN5O3. The average molecular weight is 470 g/mol. The number of benzene rings is 2. The van der Waals surface area contributed by atoms with Gasteiger partial charge in [0.2, 0.25) is 5.91 Å². The van der Waals surface area contributed by atoms with Crippen LogP contribution >= 0.6 is 11.6 Å². The van der Waals surface area contributed by atoms with Crippen LogP contribution in [0, 0.1) is 0 Å². The lowest BCUT2D eigenvalue weighted by Crippen LogP contribution is -2.10. The van der Waals surface area contributed by atoms with Crippen LogP contribution in [0.5, 0.6) is 0 Å². The summed E-state index contributed by atoms with van der Waals surface area (Å²) < 4.78 is 5.14. The second-order valence-corrected chi connectivity index (χ2v) is 8.31. The van der Waals surface area contributed by atoms with Gasteiger partial charge >= 0.3 is 0 Å². The number of fused-ring (bicyclic) bond motifs is 2. The van der Waals surface area contributed by atoms with E-state index in [0.29, 0.717) is 34.2 Å². The molecule has 0 fully saturated rings. The molecule has 2 aromatic carbocycles. The summed E-state index contributed by atoms with van der Waals surface area (Å²) in [5.41, 5.74) is 6.13. The van der Waals surface area contributed by atoms with E-state index in [1.165, 1.54) is 6.26 Å². The van der Waals surface area contributed by atoms with Gasteiger partial charge in [-0.25, -0.2) is 9.97 Å². The molecule has 0 bridgehead atoms. The number of hydrogen-bond donors (Lipinski definition) is 3. The van der Waals surface area contributed by atoms with Crippen LogP contribution in [0.3, 0.4) is 0 Å². The predicted molar refractivity (Wildman–Crippen MR) is 129 cm³/mol. The minimum Gasteiger partial charge on any atom is -0.459 e. The van der Waals surface area contributed by atoms with E-state index in [1.807, 2.05) is 24.3 Å². The summed E-state index contributed by atoms with van der Waals surface area (Å²) in [5.74, 6) is 0.380. The Morgan fingerprint density at radius 3 is 2.85 bits per heavy atom. The van der Waals surface area contributed by atoms with E-state index in [4.69, 9.17) is 16.0 Å². The van der Waals surface area contributed by atoms with Crippen molar-refractivity contribution in [3.63, 3.8) is 0 Å². The number of nitrogens with one attached hydrogen (secondary N) is 3. The maximum atomic E-state index is 12.3. The molecule has 1 aliphatic rings. The van der Waals surface area contributed by atoms with Crippen LogP contribution in [0.15, 0.2) is 71.5 Å². The highest BCUT2D eigenvalue weighted by Gasteiger charge is 2.18. The van der Waals surface area contributed by atoms with Crippen molar-refractivity contribution in [1.29, 1.82) is 0 Å². The van der Waals surface area contributed by atoms with Gasteiger partial charge in [-0.3, -0.25) is 9.59 Å². The summed E-state index contributed by atoms with van der Waals surface area (Å²) in [7, 11) is 0. The molecule has 5 aromatic rings. The quantitative estimate of drug-likeness (QED) is 0.331. The van der Waals surface area contributed by atoms with Crippen molar-refractivity contribution in [3.8, 4) is 22.5 Å². The number of amides is 2. The molecule has 0 saturated heterocycles. The first kappa shape index (κ1) is 20.2. The number of H-pyrrole nitrogens is 1. The highest BCUT2D eigenvalue weighted by atomic mass is 35.5. The maximum Gasteiger partial charge on any atom is 0.291 e. The number of carbonyl (C=O) groups excluding carboxylic acids is 2. The van der Waals surface area contributed by atoms with Gasteiger partial charge in [-0.15, -0.1) is 0 Å². The van der Waals surface area contributed by atoms with Crippen molar-refractivity contribution in [2.75, 3.05) is 10.6 Å². The Bertz CT molecular complexity index is 1590. The van der Waals surface area contributed by atoms with Crippen LogP contribution in [0.25, 0.3) is 33.7 Å². The van der Waals surface area contributed by atoms with E-state index in [-0.39, 0.29) is 17.6 Å². The molecule has 0 unspecified atom stereocenters. The molecule has 6 rings (SSSR count). The normalized spacial score (nSPS) is 12.6. The molecule has 0 aliphatic carbocycles. The van der Waals surface area contributed by atoms with Gasteiger partial charge < -0.3 is 20.0 Å². The van der Waals surface area contributed by atoms with E-state index < -0.39 is 0 Å². The zero-order valence-corrected chi connectivity index (χ0v) is 18.3. The average Bonchev–Trinajstić information content (AvgIpc) is 3.58. The molecule has 0 saturated carbocycles. The molecule has 0 atom stereocenters. The van der Waals surface area contributed by atoms with Crippen LogP contribution in [0.1, 0.15) is 16.1 Å². The molecule has 9 heteroatoms. The van der Waals surface area contributed by atoms with E-state index in [1.54, 1.807) is 36.5 Å². The number of anilines is 2. The van der Waals surface area contributed by atoms with Gasteiger partial charge in [-0.05, 0) is 59.7 Å². The second-order valence-electron chi connectivity index (χ2n) is 7.90. The first-order valence-electron chi connectivity index (χ1n) is 10.5. The second kappa shape index (κ2) is 7.86. The van der Waals surface area contributed by atoms with Crippen molar-refractivity contribution < 1.29 is 14.0 Å². The molecule has 4 heterocycles.